The number of carboxylic acid groups (broad SMARTS) is 1. The van der Waals surface area contributed by atoms with Gasteiger partial charge in [-0.1, -0.05) is 6.92 Å². The Hall–Kier alpha value is -0.570. The fourth-order valence-corrected chi connectivity index (χ4v) is 0.175. The summed E-state index contributed by atoms with van der Waals surface area (Å²) in [5, 5.41) is 8.12. The minimum absolute atomic E-state index is 0.431. The largest absolute Gasteiger partial charge is 0.477 e. The summed E-state index contributed by atoms with van der Waals surface area (Å²) in [4.78, 5) is 9.87. The van der Waals surface area contributed by atoms with Crippen LogP contribution in [-0.2, 0) is 4.79 Å². The monoisotopic (exact) mass is 104 g/mol. The molecule has 0 heterocycles. The smallest absolute Gasteiger partial charge is 0.362 e. The highest BCUT2D eigenvalue weighted by Crippen LogP contribution is 1.79. The molecule has 7 heavy (non-hydrogen) atoms. The van der Waals surface area contributed by atoms with Gasteiger partial charge in [-0.05, 0) is 0 Å². The number of aliphatic carboxylic acids is 1. The Bertz CT molecular complexity index is 72.1. The summed E-state index contributed by atoms with van der Waals surface area (Å²) in [5.74, 6) is -0.817. The highest BCUT2D eigenvalue weighted by molar-refractivity contribution is 5.71. The Morgan fingerprint density at radius 3 is 2.43 bits per heavy atom. The van der Waals surface area contributed by atoms with Crippen molar-refractivity contribution < 1.29 is 15.6 Å². The molecule has 0 rings (SSSR count). The van der Waals surface area contributed by atoms with Crippen LogP contribution in [0.2, 0.25) is 0 Å². The van der Waals surface area contributed by atoms with Gasteiger partial charge in [-0.2, -0.15) is 0 Å². The first-order chi connectivity index (χ1) is 3.18. The van der Waals surface area contributed by atoms with Crippen molar-refractivity contribution in [3.8, 4) is 0 Å². The lowest BCUT2D eigenvalue weighted by Gasteiger charge is -1.93. The topological polar surface area (TPSA) is 64.9 Å². The maximum absolute atomic E-state index is 9.87. The van der Waals surface area contributed by atoms with Crippen molar-refractivity contribution in [3.63, 3.8) is 0 Å². The fraction of sp³-hybridized carbons (Fsp3) is 0.750. The lowest BCUT2D eigenvalue weighted by atomic mass is 10.2. The van der Waals surface area contributed by atoms with Crippen LogP contribution in [-0.4, -0.2) is 17.1 Å². The summed E-state index contributed by atoms with van der Waals surface area (Å²) in [5.41, 5.74) is 3.36. The average molecular weight is 104 g/mol. The first-order valence-corrected chi connectivity index (χ1v) is 2.24. The molecule has 0 radical (unpaired) electrons. The Morgan fingerprint density at radius 1 is 2.00 bits per heavy atom. The molecular formula is C4H10NO2+. The molecule has 0 saturated carbocycles. The van der Waals surface area contributed by atoms with Crippen LogP contribution in [0.1, 0.15) is 13.3 Å². The van der Waals surface area contributed by atoms with Crippen molar-refractivity contribution in [2.24, 2.45) is 0 Å². The van der Waals surface area contributed by atoms with Crippen molar-refractivity contribution in [2.45, 2.75) is 19.4 Å². The molecule has 0 aliphatic rings. The SMILES string of the molecule is CCC([NH3+])C(=O)O. The molecule has 0 fully saturated rings. The third kappa shape index (κ3) is 2.17. The van der Waals surface area contributed by atoms with Gasteiger partial charge in [0.2, 0.25) is 0 Å². The first-order valence-electron chi connectivity index (χ1n) is 2.24. The molecule has 1 atom stereocenters. The lowest BCUT2D eigenvalue weighted by Crippen LogP contribution is -2.64. The van der Waals surface area contributed by atoms with Gasteiger partial charge in [-0.15, -0.1) is 0 Å². The summed E-state index contributed by atoms with van der Waals surface area (Å²) in [6, 6.07) is -0.431. The predicted octanol–water partition coefficient (Wildman–Crippen LogP) is -0.908. The second-order valence-corrected chi connectivity index (χ2v) is 1.44. The van der Waals surface area contributed by atoms with Crippen LogP contribution >= 0.6 is 0 Å². The van der Waals surface area contributed by atoms with Gasteiger partial charge in [-0.25, -0.2) is 4.79 Å². The normalized spacial score (nSPS) is 13.4. The quantitative estimate of drug-likeness (QED) is 0.476. The van der Waals surface area contributed by atoms with Crippen molar-refractivity contribution in [1.82, 2.24) is 0 Å². The van der Waals surface area contributed by atoms with Crippen LogP contribution in [0.5, 0.6) is 0 Å². The van der Waals surface area contributed by atoms with Gasteiger partial charge in [0.25, 0.3) is 0 Å². The van der Waals surface area contributed by atoms with Crippen LogP contribution in [0.3, 0.4) is 0 Å². The minimum atomic E-state index is -0.817. The van der Waals surface area contributed by atoms with E-state index in [9.17, 15) is 4.79 Å². The Balaban J connectivity index is 3.34. The molecule has 0 amide bonds. The zero-order chi connectivity index (χ0) is 5.86. The molecule has 0 aliphatic heterocycles. The highest BCUT2D eigenvalue weighted by Gasteiger charge is 2.10. The van der Waals surface area contributed by atoms with E-state index < -0.39 is 12.0 Å². The molecule has 4 N–H and O–H groups in total. The zero-order valence-corrected chi connectivity index (χ0v) is 4.35. The van der Waals surface area contributed by atoms with E-state index in [0.717, 1.165) is 0 Å². The first kappa shape index (κ1) is 6.43. The van der Waals surface area contributed by atoms with Crippen molar-refractivity contribution in [1.29, 1.82) is 0 Å². The Morgan fingerprint density at radius 2 is 2.43 bits per heavy atom. The number of hydrogen-bond donors (Lipinski definition) is 2. The molecule has 0 aromatic carbocycles. The van der Waals surface area contributed by atoms with Gasteiger partial charge < -0.3 is 10.8 Å². The minimum Gasteiger partial charge on any atom is -0.477 e. The summed E-state index contributed by atoms with van der Waals surface area (Å²) in [6.07, 6.45) is 0.606. The van der Waals surface area contributed by atoms with Crippen LogP contribution < -0.4 is 5.73 Å². The van der Waals surface area contributed by atoms with E-state index in [2.05, 4.69) is 5.73 Å². The molecule has 42 valence electrons. The van der Waals surface area contributed by atoms with Crippen LogP contribution in [0.4, 0.5) is 0 Å². The van der Waals surface area contributed by atoms with Crippen LogP contribution in [0.15, 0.2) is 0 Å². The molecule has 3 nitrogen and oxygen atoms in total. The van der Waals surface area contributed by atoms with Gasteiger partial charge in [0.05, 0.1) is 0 Å². The Kier molecular flexibility index (Phi) is 2.37. The second kappa shape index (κ2) is 2.58. The average Bonchev–Trinajstić information content (AvgIpc) is 1.65. The number of carbonyl (C=O) groups is 1. The summed E-state index contributed by atoms with van der Waals surface area (Å²) >= 11 is 0. The maximum Gasteiger partial charge on any atom is 0.362 e. The van der Waals surface area contributed by atoms with E-state index in [1.807, 2.05) is 0 Å². The van der Waals surface area contributed by atoms with Gasteiger partial charge in [0, 0.05) is 6.42 Å². The maximum atomic E-state index is 9.87. The number of carboxylic acids is 1. The number of rotatable bonds is 2. The molecule has 0 bridgehead atoms. The standard InChI is InChI=1S/C4H9NO2/c1-2-3(5)4(6)7/h3H,2,5H2,1H3,(H,6,7)/p+1. The van der Waals surface area contributed by atoms with E-state index in [1.165, 1.54) is 0 Å². The molecule has 0 saturated heterocycles. The van der Waals surface area contributed by atoms with Crippen LogP contribution in [0, 0.1) is 0 Å². The zero-order valence-electron chi connectivity index (χ0n) is 4.35. The molecule has 0 aromatic heterocycles. The van der Waals surface area contributed by atoms with Gasteiger partial charge in [0.15, 0.2) is 6.04 Å². The van der Waals surface area contributed by atoms with Crippen LogP contribution in [0.25, 0.3) is 0 Å². The number of hydrogen-bond acceptors (Lipinski definition) is 1. The predicted molar refractivity (Wildman–Crippen MR) is 24.6 cm³/mol. The van der Waals surface area contributed by atoms with Crippen molar-refractivity contribution in [2.75, 3.05) is 0 Å². The summed E-state index contributed by atoms with van der Waals surface area (Å²) < 4.78 is 0. The van der Waals surface area contributed by atoms with Gasteiger partial charge >= 0.3 is 5.97 Å². The van der Waals surface area contributed by atoms with Gasteiger partial charge in [-0.3, -0.25) is 0 Å². The van der Waals surface area contributed by atoms with E-state index in [1.54, 1.807) is 6.92 Å². The molecule has 1 unspecified atom stereocenters. The summed E-state index contributed by atoms with van der Waals surface area (Å²) in [7, 11) is 0. The Labute approximate surface area is 42.1 Å². The van der Waals surface area contributed by atoms with E-state index in [4.69, 9.17) is 5.11 Å². The highest BCUT2D eigenvalue weighted by atomic mass is 16.4. The summed E-state index contributed by atoms with van der Waals surface area (Å²) in [6.45, 7) is 1.80. The molecule has 0 aromatic rings. The lowest BCUT2D eigenvalue weighted by molar-refractivity contribution is -0.408. The third-order valence-corrected chi connectivity index (χ3v) is 0.842. The fourth-order valence-electron chi connectivity index (χ4n) is 0.175. The van der Waals surface area contributed by atoms with E-state index >= 15 is 0 Å². The number of quaternary nitrogens is 1. The molecule has 0 spiro atoms. The molecular weight excluding hydrogens is 94.0 g/mol. The second-order valence-electron chi connectivity index (χ2n) is 1.44. The molecule has 3 heteroatoms. The van der Waals surface area contributed by atoms with Gasteiger partial charge in [0.1, 0.15) is 0 Å². The third-order valence-electron chi connectivity index (χ3n) is 0.842. The molecule has 0 aliphatic carbocycles. The van der Waals surface area contributed by atoms with E-state index in [-0.39, 0.29) is 0 Å². The van der Waals surface area contributed by atoms with Crippen molar-refractivity contribution >= 4 is 5.97 Å². The van der Waals surface area contributed by atoms with E-state index in [0.29, 0.717) is 6.42 Å². The van der Waals surface area contributed by atoms with Crippen molar-refractivity contribution in [3.05, 3.63) is 0 Å².